The summed E-state index contributed by atoms with van der Waals surface area (Å²) in [6.07, 6.45) is 0.965. The van der Waals surface area contributed by atoms with Crippen LogP contribution in [0.25, 0.3) is 0 Å². The van der Waals surface area contributed by atoms with Crippen LogP contribution in [0.1, 0.15) is 22.3 Å². The molecule has 0 bridgehead atoms. The molecule has 1 aliphatic rings. The number of fused-ring (bicyclic) bond motifs is 1. The van der Waals surface area contributed by atoms with Gasteiger partial charge in [-0.1, -0.05) is 6.07 Å². The van der Waals surface area contributed by atoms with E-state index in [1.54, 1.807) is 0 Å². The summed E-state index contributed by atoms with van der Waals surface area (Å²) in [6.45, 7) is 2.83. The largest absolute Gasteiger partial charge is 0.372 e. The summed E-state index contributed by atoms with van der Waals surface area (Å²) in [4.78, 5) is 15.5. The number of nitrogens with zero attached hydrogens (tertiary/aromatic N) is 2. The van der Waals surface area contributed by atoms with Gasteiger partial charge in [0.15, 0.2) is 0 Å². The molecule has 0 radical (unpaired) electrons. The number of nitrogens with one attached hydrogen (secondary N) is 1. The van der Waals surface area contributed by atoms with E-state index in [1.807, 2.05) is 19.1 Å². The van der Waals surface area contributed by atoms with Gasteiger partial charge in [-0.2, -0.15) is 9.37 Å². The first-order valence-corrected chi connectivity index (χ1v) is 8.58. The van der Waals surface area contributed by atoms with Crippen molar-refractivity contribution in [3.8, 4) is 0 Å². The number of benzene rings is 2. The number of hydrogen-bond donors (Lipinski definition) is 1. The Morgan fingerprint density at radius 1 is 1.07 bits per heavy atom. The van der Waals surface area contributed by atoms with E-state index in [0.29, 0.717) is 18.9 Å². The van der Waals surface area contributed by atoms with Gasteiger partial charge >= 0.3 is 5.56 Å². The van der Waals surface area contributed by atoms with Gasteiger partial charge in [0.05, 0.1) is 19.8 Å². The molecule has 28 heavy (non-hydrogen) atoms. The molecular formula is C20H16F3N3O2. The molecule has 1 aliphatic heterocycles. The molecule has 1 aromatic heterocycles. The van der Waals surface area contributed by atoms with E-state index < -0.39 is 23.0 Å². The Morgan fingerprint density at radius 3 is 2.46 bits per heavy atom. The summed E-state index contributed by atoms with van der Waals surface area (Å²) in [6, 6.07) is 6.89. The van der Waals surface area contributed by atoms with Gasteiger partial charge < -0.3 is 14.6 Å². The molecule has 0 amide bonds. The highest BCUT2D eigenvalue weighted by Crippen LogP contribution is 2.28. The molecule has 3 aromatic rings. The van der Waals surface area contributed by atoms with E-state index in [-0.39, 0.29) is 18.1 Å². The van der Waals surface area contributed by atoms with Gasteiger partial charge in [-0.25, -0.2) is 8.78 Å². The summed E-state index contributed by atoms with van der Waals surface area (Å²) >= 11 is 0. The molecule has 8 heteroatoms. The fourth-order valence-corrected chi connectivity index (χ4v) is 3.19. The van der Waals surface area contributed by atoms with Crippen LogP contribution in [0.3, 0.4) is 0 Å². The third-order valence-electron chi connectivity index (χ3n) is 4.54. The van der Waals surface area contributed by atoms with Gasteiger partial charge in [0.2, 0.25) is 11.8 Å². The number of anilines is 2. The number of hydrogen-bond acceptors (Lipinski definition) is 4. The van der Waals surface area contributed by atoms with Crippen molar-refractivity contribution in [1.82, 2.24) is 9.55 Å². The fraction of sp³-hybridized carbons (Fsp3) is 0.200. The van der Waals surface area contributed by atoms with E-state index in [2.05, 4.69) is 10.3 Å². The molecule has 0 aliphatic carbocycles. The molecule has 5 nitrogen and oxygen atoms in total. The van der Waals surface area contributed by atoms with E-state index >= 15 is 0 Å². The summed E-state index contributed by atoms with van der Waals surface area (Å²) in [5, 5.41) is 3.03. The standard InChI is InChI=1S/C20H16F3N3O2/c1-11-2-13-9-28-10-14(13)5-18(11)24-20-25-19(27)17(23)8-26(20)7-12-3-15(21)6-16(22)4-12/h2-6,8H,7,9-10H2,1H3,(H,24,25,27). The normalized spacial score (nSPS) is 12.9. The molecule has 0 spiro atoms. The summed E-state index contributed by atoms with van der Waals surface area (Å²) in [7, 11) is 0. The average Bonchev–Trinajstić information content (AvgIpc) is 3.05. The Morgan fingerprint density at radius 2 is 1.75 bits per heavy atom. The zero-order valence-corrected chi connectivity index (χ0v) is 14.9. The first kappa shape index (κ1) is 18.2. The average molecular weight is 387 g/mol. The monoisotopic (exact) mass is 387 g/mol. The van der Waals surface area contributed by atoms with Crippen molar-refractivity contribution >= 4 is 11.6 Å². The van der Waals surface area contributed by atoms with Gasteiger partial charge in [-0.15, -0.1) is 0 Å². The Balaban J connectivity index is 1.73. The second-order valence-electron chi connectivity index (χ2n) is 6.68. The van der Waals surface area contributed by atoms with Crippen LogP contribution in [0.2, 0.25) is 0 Å². The summed E-state index contributed by atoms with van der Waals surface area (Å²) < 4.78 is 47.5. The number of aryl methyl sites for hydroxylation is 1. The number of rotatable bonds is 4. The van der Waals surface area contributed by atoms with E-state index in [9.17, 15) is 18.0 Å². The van der Waals surface area contributed by atoms with Crippen LogP contribution in [-0.2, 0) is 24.5 Å². The molecule has 0 unspecified atom stereocenters. The van der Waals surface area contributed by atoms with Crippen molar-refractivity contribution in [2.75, 3.05) is 5.32 Å². The lowest BCUT2D eigenvalue weighted by Crippen LogP contribution is -2.20. The van der Waals surface area contributed by atoms with Crippen molar-refractivity contribution in [3.05, 3.63) is 86.6 Å². The molecule has 2 heterocycles. The lowest BCUT2D eigenvalue weighted by Gasteiger charge is -2.16. The Kier molecular flexibility index (Phi) is 4.64. The van der Waals surface area contributed by atoms with Gasteiger partial charge in [0.1, 0.15) is 11.6 Å². The summed E-state index contributed by atoms with van der Waals surface area (Å²) in [5.74, 6) is -2.47. The highest BCUT2D eigenvalue weighted by Gasteiger charge is 2.16. The van der Waals surface area contributed by atoms with Crippen molar-refractivity contribution in [2.24, 2.45) is 0 Å². The van der Waals surface area contributed by atoms with Crippen molar-refractivity contribution in [2.45, 2.75) is 26.7 Å². The molecule has 2 aromatic carbocycles. The smallest absolute Gasteiger partial charge is 0.310 e. The second-order valence-corrected chi connectivity index (χ2v) is 6.68. The maximum Gasteiger partial charge on any atom is 0.310 e. The molecule has 0 atom stereocenters. The van der Waals surface area contributed by atoms with Gasteiger partial charge in [-0.3, -0.25) is 4.79 Å². The quantitative estimate of drug-likeness (QED) is 0.740. The van der Waals surface area contributed by atoms with Crippen LogP contribution in [0.15, 0.2) is 41.3 Å². The molecule has 0 fully saturated rings. The highest BCUT2D eigenvalue weighted by molar-refractivity contribution is 5.61. The Bertz CT molecular complexity index is 1110. The molecule has 4 rings (SSSR count). The Hall–Kier alpha value is -3.13. The predicted octanol–water partition coefficient (Wildman–Crippen LogP) is 3.79. The van der Waals surface area contributed by atoms with Crippen LogP contribution in [-0.4, -0.2) is 9.55 Å². The number of ether oxygens (including phenoxy) is 1. The lowest BCUT2D eigenvalue weighted by molar-refractivity contribution is 0.134. The first-order chi connectivity index (χ1) is 13.4. The van der Waals surface area contributed by atoms with Crippen LogP contribution in [0, 0.1) is 24.4 Å². The van der Waals surface area contributed by atoms with Gasteiger partial charge in [-0.05, 0) is 47.4 Å². The van der Waals surface area contributed by atoms with Crippen molar-refractivity contribution in [1.29, 1.82) is 0 Å². The van der Waals surface area contributed by atoms with Crippen molar-refractivity contribution < 1.29 is 17.9 Å². The summed E-state index contributed by atoms with van der Waals surface area (Å²) in [5.41, 5.74) is 2.92. The van der Waals surface area contributed by atoms with Gasteiger partial charge in [0, 0.05) is 18.0 Å². The zero-order valence-electron chi connectivity index (χ0n) is 14.9. The minimum Gasteiger partial charge on any atom is -0.372 e. The first-order valence-electron chi connectivity index (χ1n) is 8.58. The van der Waals surface area contributed by atoms with Crippen LogP contribution >= 0.6 is 0 Å². The Labute approximate surface area is 158 Å². The van der Waals surface area contributed by atoms with Gasteiger partial charge in [0.25, 0.3) is 0 Å². The van der Waals surface area contributed by atoms with E-state index in [0.717, 1.165) is 41.1 Å². The van der Waals surface area contributed by atoms with E-state index in [4.69, 9.17) is 4.74 Å². The third kappa shape index (κ3) is 3.63. The number of halogens is 3. The predicted molar refractivity (Wildman–Crippen MR) is 96.9 cm³/mol. The third-order valence-corrected chi connectivity index (χ3v) is 4.54. The maximum absolute atomic E-state index is 13.8. The minimum absolute atomic E-state index is 0.0676. The van der Waals surface area contributed by atoms with Crippen LogP contribution in [0.5, 0.6) is 0 Å². The molecule has 0 saturated carbocycles. The van der Waals surface area contributed by atoms with Crippen molar-refractivity contribution in [3.63, 3.8) is 0 Å². The molecule has 144 valence electrons. The minimum atomic E-state index is -1.05. The van der Waals surface area contributed by atoms with Crippen LogP contribution in [0.4, 0.5) is 24.8 Å². The highest BCUT2D eigenvalue weighted by atomic mass is 19.1. The number of aromatic nitrogens is 2. The topological polar surface area (TPSA) is 56.2 Å². The molecular weight excluding hydrogens is 371 g/mol. The maximum atomic E-state index is 13.8. The molecule has 0 saturated heterocycles. The SMILES string of the molecule is Cc1cc2c(cc1Nc1nc(=O)c(F)cn1Cc1cc(F)cc(F)c1)COC2. The van der Waals surface area contributed by atoms with Crippen LogP contribution < -0.4 is 10.9 Å². The molecule has 1 N–H and O–H groups in total. The fourth-order valence-electron chi connectivity index (χ4n) is 3.19. The lowest BCUT2D eigenvalue weighted by atomic mass is 10.1. The van der Waals surface area contributed by atoms with E-state index in [1.165, 1.54) is 4.57 Å². The second kappa shape index (κ2) is 7.12. The zero-order chi connectivity index (χ0) is 19.8.